The highest BCUT2D eigenvalue weighted by molar-refractivity contribution is 5.95. The lowest BCUT2D eigenvalue weighted by Crippen LogP contribution is -2.06. The van der Waals surface area contributed by atoms with Crippen molar-refractivity contribution in [2.24, 2.45) is 5.41 Å². The average Bonchev–Trinajstić information content (AvgIpc) is 1.70. The second-order valence-electron chi connectivity index (χ2n) is 27.2. The summed E-state index contributed by atoms with van der Waals surface area (Å²) >= 11 is 0. The van der Waals surface area contributed by atoms with Crippen molar-refractivity contribution in [2.45, 2.75) is 102 Å². The molecule has 0 amide bonds. The van der Waals surface area contributed by atoms with Crippen molar-refractivity contribution in [1.82, 2.24) is 112 Å². The summed E-state index contributed by atoms with van der Waals surface area (Å²) in [6, 6.07) is 33.0. The number of benzene rings is 5. The Hall–Kier alpha value is -14.8. The number of hydrogen-bond donors (Lipinski definition) is 10. The van der Waals surface area contributed by atoms with Crippen LogP contribution in [0.3, 0.4) is 0 Å². The molecule has 0 unspecified atom stereocenters. The minimum absolute atomic E-state index is 0. The Kier molecular flexibility index (Phi) is 21.9. The van der Waals surface area contributed by atoms with Gasteiger partial charge in [0.1, 0.15) is 34.6 Å². The number of H-pyrrole nitrogens is 5. The lowest BCUT2D eigenvalue weighted by molar-refractivity contribution is 0.369. The quantitative estimate of drug-likeness (QED) is 0.0429. The second-order valence-corrected chi connectivity index (χ2v) is 27.2. The third kappa shape index (κ3) is 16.5. The van der Waals surface area contributed by atoms with E-state index in [1.807, 2.05) is 105 Å². The van der Waals surface area contributed by atoms with Gasteiger partial charge < -0.3 is 49.2 Å². The number of anilines is 10. The molecular weight excluding hydrogens is 1460 g/mol. The normalized spacial score (nSPS) is 11.3. The number of fused-ring (bicyclic) bond motifs is 10. The van der Waals surface area contributed by atoms with E-state index in [2.05, 4.69) is 173 Å². The van der Waals surface area contributed by atoms with E-state index in [0.717, 1.165) is 163 Å². The number of nitrogens with zero attached hydrogens (tertiary/aromatic N) is 17. The molecular formula is C79H76F3N27O5. The van der Waals surface area contributed by atoms with Crippen LogP contribution in [0.4, 0.5) is 70.7 Å². The predicted molar refractivity (Wildman–Crippen MR) is 430 cm³/mol. The molecule has 0 aliphatic heterocycles. The van der Waals surface area contributed by atoms with Crippen molar-refractivity contribution in [3.63, 3.8) is 0 Å². The molecule has 578 valence electrons. The topological polar surface area (TPSA) is 424 Å². The largest absolute Gasteiger partial charge is 0.356 e. The van der Waals surface area contributed by atoms with Crippen molar-refractivity contribution in [1.29, 1.82) is 0 Å². The summed E-state index contributed by atoms with van der Waals surface area (Å²) in [6.45, 7) is 14.7. The monoisotopic (exact) mass is 1540 g/mol. The Morgan fingerprint density at radius 3 is 1.20 bits per heavy atom. The Morgan fingerprint density at radius 2 is 0.737 bits per heavy atom. The summed E-state index contributed by atoms with van der Waals surface area (Å²) < 4.78 is 66.4. The van der Waals surface area contributed by atoms with Gasteiger partial charge in [-0.2, -0.15) is 25.5 Å². The van der Waals surface area contributed by atoms with Crippen LogP contribution in [-0.2, 0) is 19.3 Å². The van der Waals surface area contributed by atoms with E-state index in [1.54, 1.807) is 24.8 Å². The predicted octanol–water partition coefficient (Wildman–Crippen LogP) is 19.2. The van der Waals surface area contributed by atoms with E-state index >= 15 is 0 Å². The number of pyridine rings is 3. The van der Waals surface area contributed by atoms with E-state index in [4.69, 9.17) is 22.6 Å². The molecule has 0 radical (unpaired) electrons. The molecule has 0 fully saturated rings. The lowest BCUT2D eigenvalue weighted by Gasteiger charge is -2.16. The fourth-order valence-electron chi connectivity index (χ4n) is 12.3. The molecule has 0 atom stereocenters. The summed E-state index contributed by atoms with van der Waals surface area (Å²) in [5.41, 5.74) is 17.4. The number of halogens is 3. The minimum atomic E-state index is -0.406. The van der Waals surface area contributed by atoms with Crippen LogP contribution >= 0.6 is 0 Å². The lowest BCUT2D eigenvalue weighted by atomic mass is 9.89. The number of aromatic amines is 5. The highest BCUT2D eigenvalue weighted by Crippen LogP contribution is 2.34. The fraction of sp³-hybridized carbons (Fsp3) is 0.203. The number of aryl methyl sites for hydroxylation is 5. The summed E-state index contributed by atoms with van der Waals surface area (Å²) in [6.07, 6.45) is 15.8. The molecule has 5 aromatic carbocycles. The Morgan fingerprint density at radius 1 is 0.351 bits per heavy atom. The number of hydrogen-bond acceptors (Lipinski definition) is 27. The van der Waals surface area contributed by atoms with E-state index < -0.39 is 17.5 Å². The molecule has 0 saturated carbocycles. The first-order valence-corrected chi connectivity index (χ1v) is 35.5. The Bertz CT molecular complexity index is 6740. The first kappa shape index (κ1) is 76.0. The van der Waals surface area contributed by atoms with Crippen LogP contribution < -0.4 is 26.6 Å². The Labute approximate surface area is 644 Å². The highest BCUT2D eigenvalue weighted by atomic mass is 19.1. The van der Waals surface area contributed by atoms with Gasteiger partial charge in [-0.1, -0.05) is 88.1 Å². The molecule has 32 nitrogen and oxygen atoms in total. The van der Waals surface area contributed by atoms with Crippen molar-refractivity contribution >= 4 is 168 Å². The minimum Gasteiger partial charge on any atom is -0.356 e. The molecule has 35 heteroatoms. The number of nitrogens with one attached hydrogen (secondary N) is 10. The van der Waals surface area contributed by atoms with Crippen LogP contribution in [0.1, 0.15) is 97.2 Å². The van der Waals surface area contributed by atoms with Crippen LogP contribution in [0.25, 0.3) is 110 Å². The maximum atomic E-state index is 13.4. The second kappa shape index (κ2) is 32.8. The van der Waals surface area contributed by atoms with Crippen molar-refractivity contribution in [2.75, 3.05) is 26.6 Å². The highest BCUT2D eigenvalue weighted by Gasteiger charge is 2.19. The van der Waals surface area contributed by atoms with Gasteiger partial charge in [0.05, 0.1) is 63.3 Å². The smallest absolute Gasteiger partial charge is 0.201 e. The molecule has 20 rings (SSSR count). The van der Waals surface area contributed by atoms with Crippen molar-refractivity contribution < 1.29 is 35.8 Å². The van der Waals surface area contributed by atoms with Gasteiger partial charge >= 0.3 is 0 Å². The zero-order valence-corrected chi connectivity index (χ0v) is 61.0. The van der Waals surface area contributed by atoms with Gasteiger partial charge in [0.2, 0.25) is 11.3 Å². The molecule has 15 heterocycles. The van der Waals surface area contributed by atoms with E-state index in [0.29, 0.717) is 90.1 Å². The number of rotatable bonds is 16. The number of aromatic nitrogens is 22. The first-order chi connectivity index (χ1) is 54.5. The van der Waals surface area contributed by atoms with Crippen LogP contribution in [0.5, 0.6) is 0 Å². The first-order valence-electron chi connectivity index (χ1n) is 35.5. The summed E-state index contributed by atoms with van der Waals surface area (Å²) in [5.74, 6) is 1.91. The summed E-state index contributed by atoms with van der Waals surface area (Å²) in [4.78, 5) is 28.8. The molecule has 20 aromatic rings. The average molecular weight is 1540 g/mol. The molecule has 0 aliphatic rings. The third-order valence-electron chi connectivity index (χ3n) is 17.9. The van der Waals surface area contributed by atoms with Gasteiger partial charge in [0, 0.05) is 104 Å². The van der Waals surface area contributed by atoms with Crippen LogP contribution in [0.15, 0.2) is 175 Å². The molecule has 10 N–H and O–H groups in total. The van der Waals surface area contributed by atoms with Gasteiger partial charge in [0.25, 0.3) is 0 Å². The standard InChI is InChI=1S/C18H20N6O.C16H14FN5O.C15H14N6O.2C14H10FN5O.2CH4/c1-18(2,3)7-6-13-12-5-4-11(10-14(12)25-24-13)21-17-15-16(22-23-17)20-9-8-19-15;1-2-3-13-11-5-4-10(7-14(11)23-22-13)19-16-12-6-9(17)8-18-15(12)20-21-16;1-2-3-11-10-5-4-9(8-12(10)22-21-11)18-15-13-14(19-20-15)17-7-6-16-13;1-7-10-5-9(2-3-12(10)21-20-7)17-14-13-11(18-19-14)4-8(15)6-16-13;1-7-10-5-9(2-3-12(10)21-20-7)17-14-11-4-8(15)6-16-13(11)18-19-14;;/h4-5,8-10H,6-7H2,1-3H3,(H2,20,21,22,23);4-8H,2-3H2,1H3,(H2,18,19,20,21);4-8H,2-3H2,1H3,(H2,17,18,19,20);2-6H,1H3,(H2,17,18,19);2-6H,1H3,(H2,16,17,18,19);2*1H4. The zero-order valence-electron chi connectivity index (χ0n) is 61.0. The van der Waals surface area contributed by atoms with Gasteiger partial charge in [-0.15, -0.1) is 0 Å². The maximum absolute atomic E-state index is 13.4. The summed E-state index contributed by atoms with van der Waals surface area (Å²) in [7, 11) is 0. The molecule has 0 aliphatic carbocycles. The zero-order chi connectivity index (χ0) is 77.0. The van der Waals surface area contributed by atoms with Gasteiger partial charge in [-0.05, 0) is 130 Å². The van der Waals surface area contributed by atoms with Gasteiger partial charge in [-0.3, -0.25) is 25.5 Å². The Balaban J connectivity index is 0.000000118. The summed E-state index contributed by atoms with van der Waals surface area (Å²) in [5, 5.41) is 77.1. The van der Waals surface area contributed by atoms with E-state index in [-0.39, 0.29) is 20.3 Å². The van der Waals surface area contributed by atoms with Crippen LogP contribution in [-0.4, -0.2) is 112 Å². The van der Waals surface area contributed by atoms with E-state index in [9.17, 15) is 13.2 Å². The molecule has 0 spiro atoms. The van der Waals surface area contributed by atoms with Crippen molar-refractivity contribution in [3.8, 4) is 0 Å². The third-order valence-corrected chi connectivity index (χ3v) is 17.9. The maximum Gasteiger partial charge on any atom is 0.201 e. The van der Waals surface area contributed by atoms with Crippen LogP contribution in [0.2, 0.25) is 0 Å². The molecule has 15 aromatic heterocycles. The molecule has 0 bridgehead atoms. The molecule has 114 heavy (non-hydrogen) atoms. The van der Waals surface area contributed by atoms with Gasteiger partial charge in [-0.25, -0.2) is 48.1 Å². The van der Waals surface area contributed by atoms with Crippen LogP contribution in [0, 0.1) is 36.7 Å². The SMILES string of the molecule is C.C.CC(C)(C)CCc1noc2cc(Nc3[nH]nc4nccnc34)ccc12.CCCc1noc2cc(Nc3[nH]nc4ncc(F)cc34)ccc12.CCCc1noc2cc(Nc3[nH]nc4nccnc34)ccc12.Cc1noc2ccc(Nc3[nH]nc4ncc(F)cc34)cc12.Cc1noc2ccc(Nc3n[nH]c4cc(F)cnc34)cc12. The molecule has 0 saturated heterocycles. The van der Waals surface area contributed by atoms with E-state index in [1.165, 1.54) is 18.2 Å². The fourth-order valence-corrected chi connectivity index (χ4v) is 12.3. The van der Waals surface area contributed by atoms with Gasteiger partial charge in [0.15, 0.2) is 67.7 Å². The van der Waals surface area contributed by atoms with Crippen molar-refractivity contribution in [3.05, 3.63) is 198 Å².